The van der Waals surface area contributed by atoms with Crippen LogP contribution in [0.25, 0.3) is 11.1 Å². The van der Waals surface area contributed by atoms with Crippen LogP contribution in [0.2, 0.25) is 0 Å². The quantitative estimate of drug-likeness (QED) is 0.728. The van der Waals surface area contributed by atoms with Gasteiger partial charge in [0.05, 0.1) is 0 Å². The van der Waals surface area contributed by atoms with E-state index in [-0.39, 0.29) is 11.7 Å². The first-order valence-corrected chi connectivity index (χ1v) is 6.14. The van der Waals surface area contributed by atoms with Crippen molar-refractivity contribution in [2.24, 2.45) is 0 Å². The van der Waals surface area contributed by atoms with Gasteiger partial charge in [-0.1, -0.05) is 36.4 Å². The van der Waals surface area contributed by atoms with Crippen molar-refractivity contribution < 1.29 is 14.7 Å². The molecule has 1 fully saturated rings. The zero-order valence-corrected chi connectivity index (χ0v) is 10.5. The highest BCUT2D eigenvalue weighted by molar-refractivity contribution is 6.04. The van der Waals surface area contributed by atoms with E-state index in [0.717, 1.165) is 16.7 Å². The molecular formula is C15H12N2O3. The Hall–Kier alpha value is -2.82. The van der Waals surface area contributed by atoms with Crippen molar-refractivity contribution in [2.45, 2.75) is 6.04 Å². The van der Waals surface area contributed by atoms with Gasteiger partial charge in [-0.2, -0.15) is 0 Å². The van der Waals surface area contributed by atoms with Gasteiger partial charge in [0.25, 0.3) is 5.91 Å². The van der Waals surface area contributed by atoms with E-state index in [0.29, 0.717) is 0 Å². The first-order chi connectivity index (χ1) is 9.63. The maximum Gasteiger partial charge on any atom is 0.322 e. The number of nitrogens with one attached hydrogen (secondary N) is 2. The molecule has 0 aliphatic carbocycles. The molecule has 1 heterocycles. The lowest BCUT2D eigenvalue weighted by molar-refractivity contribution is -0.120. The average Bonchev–Trinajstić information content (AvgIpc) is 2.79. The Morgan fingerprint density at radius 3 is 1.90 bits per heavy atom. The Bertz CT molecular complexity index is 663. The van der Waals surface area contributed by atoms with Crippen LogP contribution in [0.5, 0.6) is 5.75 Å². The van der Waals surface area contributed by atoms with E-state index in [2.05, 4.69) is 10.6 Å². The molecule has 0 radical (unpaired) electrons. The molecule has 1 unspecified atom stereocenters. The molecule has 2 aromatic carbocycles. The van der Waals surface area contributed by atoms with Crippen LogP contribution in [0.15, 0.2) is 48.5 Å². The van der Waals surface area contributed by atoms with Gasteiger partial charge in [-0.3, -0.25) is 10.1 Å². The van der Waals surface area contributed by atoms with E-state index < -0.39 is 12.1 Å². The lowest BCUT2D eigenvalue weighted by Gasteiger charge is -2.09. The van der Waals surface area contributed by atoms with Crippen molar-refractivity contribution >= 4 is 11.9 Å². The van der Waals surface area contributed by atoms with Crippen LogP contribution in [0.3, 0.4) is 0 Å². The summed E-state index contributed by atoms with van der Waals surface area (Å²) in [5, 5.41) is 14.0. The first kappa shape index (κ1) is 12.2. The molecule has 1 saturated heterocycles. The van der Waals surface area contributed by atoms with Crippen molar-refractivity contribution in [3.63, 3.8) is 0 Å². The zero-order valence-electron chi connectivity index (χ0n) is 10.5. The standard InChI is InChI=1S/C15H12N2O3/c18-12-7-5-10(6-8-12)9-1-3-11(4-2-9)13-14(19)17-15(20)16-13/h1-8,13,18H,(H2,16,17,19,20). The number of hydrogen-bond acceptors (Lipinski definition) is 3. The molecule has 3 N–H and O–H groups in total. The largest absolute Gasteiger partial charge is 0.508 e. The normalized spacial score (nSPS) is 17.7. The summed E-state index contributed by atoms with van der Waals surface area (Å²) in [6.45, 7) is 0. The third kappa shape index (κ3) is 2.21. The summed E-state index contributed by atoms with van der Waals surface area (Å²) in [7, 11) is 0. The second-order valence-electron chi connectivity index (χ2n) is 4.56. The van der Waals surface area contributed by atoms with Gasteiger partial charge < -0.3 is 10.4 Å². The summed E-state index contributed by atoms with van der Waals surface area (Å²) in [5.74, 6) is -0.122. The second-order valence-corrected chi connectivity index (χ2v) is 4.56. The number of carbonyl (C=O) groups excluding carboxylic acids is 2. The number of hydrogen-bond donors (Lipinski definition) is 3. The first-order valence-electron chi connectivity index (χ1n) is 6.14. The van der Waals surface area contributed by atoms with E-state index in [1.54, 1.807) is 24.3 Å². The number of aromatic hydroxyl groups is 1. The summed E-state index contributed by atoms with van der Waals surface area (Å²) in [4.78, 5) is 22.6. The maximum absolute atomic E-state index is 11.6. The van der Waals surface area contributed by atoms with Crippen LogP contribution >= 0.6 is 0 Å². The average molecular weight is 268 g/mol. The topological polar surface area (TPSA) is 78.4 Å². The fraction of sp³-hybridized carbons (Fsp3) is 0.0667. The van der Waals surface area contributed by atoms with Gasteiger partial charge in [-0.25, -0.2) is 4.79 Å². The van der Waals surface area contributed by atoms with Crippen LogP contribution < -0.4 is 10.6 Å². The summed E-state index contributed by atoms with van der Waals surface area (Å²) in [6, 6.07) is 13.1. The number of urea groups is 1. The van der Waals surface area contributed by atoms with Gasteiger partial charge in [0.15, 0.2) is 0 Å². The molecule has 0 bridgehead atoms. The lowest BCUT2D eigenvalue weighted by atomic mass is 10.0. The minimum absolute atomic E-state index is 0.218. The molecular weight excluding hydrogens is 256 g/mol. The number of phenolic OH excluding ortho intramolecular Hbond substituents is 1. The molecule has 100 valence electrons. The van der Waals surface area contributed by atoms with E-state index in [1.165, 1.54) is 0 Å². The van der Waals surface area contributed by atoms with Gasteiger partial charge in [-0.15, -0.1) is 0 Å². The SMILES string of the molecule is O=C1NC(=O)C(c2ccc(-c3ccc(O)cc3)cc2)N1. The monoisotopic (exact) mass is 268 g/mol. The molecule has 1 aliphatic rings. The van der Waals surface area contributed by atoms with E-state index in [1.807, 2.05) is 24.3 Å². The Morgan fingerprint density at radius 1 is 0.850 bits per heavy atom. The number of carbonyl (C=O) groups is 2. The molecule has 3 rings (SSSR count). The molecule has 0 aromatic heterocycles. The highest BCUT2D eigenvalue weighted by atomic mass is 16.3. The summed E-state index contributed by atoms with van der Waals surface area (Å²) in [6.07, 6.45) is 0. The smallest absolute Gasteiger partial charge is 0.322 e. The van der Waals surface area contributed by atoms with E-state index >= 15 is 0 Å². The number of imide groups is 1. The van der Waals surface area contributed by atoms with Crippen molar-refractivity contribution in [1.82, 2.24) is 10.6 Å². The fourth-order valence-electron chi connectivity index (χ4n) is 2.17. The number of amides is 3. The van der Waals surface area contributed by atoms with Gasteiger partial charge in [-0.05, 0) is 28.8 Å². The predicted octanol–water partition coefficient (Wildman–Crippen LogP) is 1.94. The van der Waals surface area contributed by atoms with Crippen molar-refractivity contribution in [3.8, 4) is 16.9 Å². The zero-order chi connectivity index (χ0) is 14.1. The van der Waals surface area contributed by atoms with Crippen LogP contribution in [-0.4, -0.2) is 17.0 Å². The van der Waals surface area contributed by atoms with Gasteiger partial charge in [0.2, 0.25) is 0 Å². The van der Waals surface area contributed by atoms with E-state index in [4.69, 9.17) is 0 Å². The van der Waals surface area contributed by atoms with Gasteiger partial charge >= 0.3 is 6.03 Å². The number of rotatable bonds is 2. The molecule has 5 nitrogen and oxygen atoms in total. The predicted molar refractivity (Wildman–Crippen MR) is 73.0 cm³/mol. The number of benzene rings is 2. The highest BCUT2D eigenvalue weighted by Gasteiger charge is 2.30. The molecule has 0 spiro atoms. The van der Waals surface area contributed by atoms with Crippen LogP contribution in [0.1, 0.15) is 11.6 Å². The van der Waals surface area contributed by atoms with Crippen LogP contribution in [0.4, 0.5) is 4.79 Å². The number of phenols is 1. The fourth-order valence-corrected chi connectivity index (χ4v) is 2.17. The molecule has 3 amide bonds. The molecule has 1 aliphatic heterocycles. The van der Waals surface area contributed by atoms with Crippen LogP contribution in [0, 0.1) is 0 Å². The van der Waals surface area contributed by atoms with Crippen molar-refractivity contribution in [1.29, 1.82) is 0 Å². The van der Waals surface area contributed by atoms with Gasteiger partial charge in [0.1, 0.15) is 11.8 Å². The highest BCUT2D eigenvalue weighted by Crippen LogP contribution is 2.24. The molecule has 1 atom stereocenters. The summed E-state index contributed by atoms with van der Waals surface area (Å²) in [5.41, 5.74) is 2.67. The Labute approximate surface area is 115 Å². The third-order valence-corrected chi connectivity index (χ3v) is 3.22. The van der Waals surface area contributed by atoms with Crippen molar-refractivity contribution in [2.75, 3.05) is 0 Å². The minimum Gasteiger partial charge on any atom is -0.508 e. The Kier molecular flexibility index (Phi) is 2.87. The second kappa shape index (κ2) is 4.70. The van der Waals surface area contributed by atoms with E-state index in [9.17, 15) is 14.7 Å². The molecule has 2 aromatic rings. The third-order valence-electron chi connectivity index (χ3n) is 3.22. The maximum atomic E-state index is 11.6. The van der Waals surface area contributed by atoms with Crippen LogP contribution in [-0.2, 0) is 4.79 Å². The minimum atomic E-state index is -0.628. The Balaban J connectivity index is 1.86. The molecule has 20 heavy (non-hydrogen) atoms. The lowest BCUT2D eigenvalue weighted by Crippen LogP contribution is -2.22. The molecule has 5 heteroatoms. The molecule has 0 saturated carbocycles. The van der Waals surface area contributed by atoms with Crippen molar-refractivity contribution in [3.05, 3.63) is 54.1 Å². The summed E-state index contributed by atoms with van der Waals surface area (Å²) >= 11 is 0. The Morgan fingerprint density at radius 2 is 1.40 bits per heavy atom. The summed E-state index contributed by atoms with van der Waals surface area (Å²) < 4.78 is 0. The van der Waals surface area contributed by atoms with Gasteiger partial charge in [0, 0.05) is 0 Å².